The largest absolute Gasteiger partial charge is 0.454 e. The van der Waals surface area contributed by atoms with E-state index >= 15 is 0 Å². The highest BCUT2D eigenvalue weighted by atomic mass is 16.7. The molecule has 1 amide bonds. The Morgan fingerprint density at radius 1 is 1.42 bits per heavy atom. The number of carbonyl (C=O) groups is 1. The fourth-order valence-corrected chi connectivity index (χ4v) is 2.09. The second-order valence-corrected chi connectivity index (χ2v) is 4.96. The lowest BCUT2D eigenvalue weighted by Crippen LogP contribution is -2.35. The van der Waals surface area contributed by atoms with Crippen molar-refractivity contribution in [2.24, 2.45) is 0 Å². The molecule has 2 heterocycles. The summed E-state index contributed by atoms with van der Waals surface area (Å²) in [4.78, 5) is 11.5. The van der Waals surface area contributed by atoms with Crippen LogP contribution in [0.25, 0.3) is 0 Å². The summed E-state index contributed by atoms with van der Waals surface area (Å²) in [7, 11) is 0. The summed E-state index contributed by atoms with van der Waals surface area (Å²) in [6.45, 7) is 2.86. The van der Waals surface area contributed by atoms with Crippen LogP contribution in [0.2, 0.25) is 0 Å². The van der Waals surface area contributed by atoms with Crippen LogP contribution >= 0.6 is 0 Å². The fraction of sp³-hybridized carbons (Fsp3) is 0.500. The molecule has 5 nitrogen and oxygen atoms in total. The molecule has 0 saturated carbocycles. The van der Waals surface area contributed by atoms with E-state index in [2.05, 4.69) is 5.32 Å². The van der Waals surface area contributed by atoms with E-state index in [1.54, 1.807) is 0 Å². The molecule has 1 saturated heterocycles. The minimum atomic E-state index is -0.215. The highest BCUT2D eigenvalue weighted by molar-refractivity contribution is 5.83. The van der Waals surface area contributed by atoms with E-state index in [4.69, 9.17) is 14.2 Å². The first-order valence-electron chi connectivity index (χ1n) is 6.53. The van der Waals surface area contributed by atoms with Gasteiger partial charge in [0.15, 0.2) is 17.6 Å². The number of amides is 1. The first-order chi connectivity index (χ1) is 9.22. The Bertz CT molecular complexity index is 484. The number of fused-ring (bicyclic) bond motifs is 1. The fourth-order valence-electron chi connectivity index (χ4n) is 2.09. The third-order valence-electron chi connectivity index (χ3n) is 3.32. The molecular formula is C14H17NO4. The molecule has 1 fully saturated rings. The Balaban J connectivity index is 1.49. The maximum absolute atomic E-state index is 11.5. The molecule has 1 aromatic carbocycles. The van der Waals surface area contributed by atoms with Gasteiger partial charge in [0.25, 0.3) is 5.91 Å². The molecule has 5 heteroatoms. The Hall–Kier alpha value is -1.75. The Labute approximate surface area is 111 Å². The standard InChI is InChI=1S/C14H17NO4/c1-9(15-14(16)13-7-17-13)2-3-10-4-5-11-12(6-10)19-8-18-11/h4-6,9,13H,2-3,7-8H2,1H3,(H,15,16). The van der Waals surface area contributed by atoms with Crippen LogP contribution in [-0.4, -0.2) is 31.5 Å². The van der Waals surface area contributed by atoms with Crippen molar-refractivity contribution in [1.82, 2.24) is 5.32 Å². The molecule has 1 aromatic rings. The molecular weight excluding hydrogens is 246 g/mol. The number of epoxide rings is 1. The number of aryl methyl sites for hydroxylation is 1. The van der Waals surface area contributed by atoms with Gasteiger partial charge in [0.1, 0.15) is 0 Å². The topological polar surface area (TPSA) is 60.1 Å². The monoisotopic (exact) mass is 263 g/mol. The van der Waals surface area contributed by atoms with E-state index < -0.39 is 0 Å². The molecule has 2 unspecified atom stereocenters. The van der Waals surface area contributed by atoms with E-state index in [-0.39, 0.29) is 18.1 Å². The molecule has 2 aliphatic heterocycles. The van der Waals surface area contributed by atoms with E-state index in [1.807, 2.05) is 25.1 Å². The lowest BCUT2D eigenvalue weighted by molar-refractivity contribution is -0.122. The van der Waals surface area contributed by atoms with Gasteiger partial charge in [0, 0.05) is 6.04 Å². The average molecular weight is 263 g/mol. The van der Waals surface area contributed by atoms with E-state index in [0.717, 1.165) is 24.3 Å². The first-order valence-corrected chi connectivity index (χ1v) is 6.53. The summed E-state index contributed by atoms with van der Waals surface area (Å²) in [6.07, 6.45) is 1.56. The molecule has 19 heavy (non-hydrogen) atoms. The van der Waals surface area contributed by atoms with E-state index in [1.165, 1.54) is 5.56 Å². The SMILES string of the molecule is CC(CCc1ccc2c(c1)OCO2)NC(=O)C1CO1. The third kappa shape index (κ3) is 2.98. The van der Waals surface area contributed by atoms with Gasteiger partial charge in [-0.05, 0) is 37.5 Å². The highest BCUT2D eigenvalue weighted by Gasteiger charge is 2.31. The molecule has 0 aliphatic carbocycles. The van der Waals surface area contributed by atoms with Gasteiger partial charge in [-0.3, -0.25) is 4.79 Å². The van der Waals surface area contributed by atoms with Gasteiger partial charge in [0.2, 0.25) is 6.79 Å². The Morgan fingerprint density at radius 2 is 2.21 bits per heavy atom. The van der Waals surface area contributed by atoms with Crippen LogP contribution in [-0.2, 0) is 16.0 Å². The first kappa shape index (κ1) is 12.3. The lowest BCUT2D eigenvalue weighted by Gasteiger charge is -2.13. The zero-order valence-corrected chi connectivity index (χ0v) is 10.8. The summed E-state index contributed by atoms with van der Waals surface area (Å²) in [6, 6.07) is 6.11. The quantitative estimate of drug-likeness (QED) is 0.812. The molecule has 0 bridgehead atoms. The van der Waals surface area contributed by atoms with Crippen molar-refractivity contribution in [1.29, 1.82) is 0 Å². The van der Waals surface area contributed by atoms with Gasteiger partial charge in [-0.25, -0.2) is 0 Å². The van der Waals surface area contributed by atoms with Gasteiger partial charge in [-0.2, -0.15) is 0 Å². The number of hydrogen-bond acceptors (Lipinski definition) is 4. The summed E-state index contributed by atoms with van der Waals surface area (Å²) in [5.74, 6) is 1.61. The number of rotatable bonds is 5. The highest BCUT2D eigenvalue weighted by Crippen LogP contribution is 2.32. The van der Waals surface area contributed by atoms with Crippen LogP contribution in [0.15, 0.2) is 18.2 Å². The zero-order valence-electron chi connectivity index (χ0n) is 10.8. The van der Waals surface area contributed by atoms with Gasteiger partial charge in [-0.1, -0.05) is 6.07 Å². The summed E-state index contributed by atoms with van der Waals surface area (Å²) >= 11 is 0. The Morgan fingerprint density at radius 3 is 3.00 bits per heavy atom. The molecule has 0 spiro atoms. The van der Waals surface area contributed by atoms with Crippen LogP contribution < -0.4 is 14.8 Å². The summed E-state index contributed by atoms with van der Waals surface area (Å²) in [5.41, 5.74) is 1.19. The normalized spacial score (nSPS) is 21.0. The molecule has 0 radical (unpaired) electrons. The number of benzene rings is 1. The van der Waals surface area contributed by atoms with Gasteiger partial charge < -0.3 is 19.5 Å². The van der Waals surface area contributed by atoms with E-state index in [9.17, 15) is 4.79 Å². The molecule has 1 N–H and O–H groups in total. The van der Waals surface area contributed by atoms with Gasteiger partial charge >= 0.3 is 0 Å². The third-order valence-corrected chi connectivity index (χ3v) is 3.32. The van der Waals surface area contributed by atoms with Gasteiger partial charge in [0.05, 0.1) is 6.61 Å². The smallest absolute Gasteiger partial charge is 0.251 e. The number of hydrogen-bond donors (Lipinski definition) is 1. The predicted molar refractivity (Wildman–Crippen MR) is 68.2 cm³/mol. The Kier molecular flexibility index (Phi) is 3.29. The molecule has 102 valence electrons. The van der Waals surface area contributed by atoms with Gasteiger partial charge in [-0.15, -0.1) is 0 Å². The van der Waals surface area contributed by atoms with E-state index in [0.29, 0.717) is 13.4 Å². The minimum absolute atomic E-state index is 0.00168. The van der Waals surface area contributed by atoms with Crippen LogP contribution in [0.3, 0.4) is 0 Å². The molecule has 2 atom stereocenters. The average Bonchev–Trinajstić information content (AvgIpc) is 3.15. The zero-order chi connectivity index (χ0) is 13.2. The predicted octanol–water partition coefficient (Wildman–Crippen LogP) is 1.25. The minimum Gasteiger partial charge on any atom is -0.454 e. The number of ether oxygens (including phenoxy) is 3. The lowest BCUT2D eigenvalue weighted by atomic mass is 10.1. The molecule has 3 rings (SSSR count). The summed E-state index contributed by atoms with van der Waals surface area (Å²) < 4.78 is 15.6. The van der Waals surface area contributed by atoms with Crippen molar-refractivity contribution in [2.75, 3.05) is 13.4 Å². The summed E-state index contributed by atoms with van der Waals surface area (Å²) in [5, 5.41) is 2.94. The number of nitrogens with one attached hydrogen (secondary N) is 1. The van der Waals surface area contributed by atoms with Crippen LogP contribution in [0.5, 0.6) is 11.5 Å². The van der Waals surface area contributed by atoms with Crippen LogP contribution in [0, 0.1) is 0 Å². The van der Waals surface area contributed by atoms with Crippen molar-refractivity contribution in [3.05, 3.63) is 23.8 Å². The van der Waals surface area contributed by atoms with Crippen molar-refractivity contribution < 1.29 is 19.0 Å². The molecule has 2 aliphatic rings. The second kappa shape index (κ2) is 5.09. The van der Waals surface area contributed by atoms with Crippen molar-refractivity contribution >= 4 is 5.91 Å². The van der Waals surface area contributed by atoms with Crippen molar-refractivity contribution in [3.63, 3.8) is 0 Å². The van der Waals surface area contributed by atoms with Crippen molar-refractivity contribution in [2.45, 2.75) is 31.9 Å². The number of carbonyl (C=O) groups excluding carboxylic acids is 1. The van der Waals surface area contributed by atoms with Crippen LogP contribution in [0.4, 0.5) is 0 Å². The second-order valence-electron chi connectivity index (χ2n) is 4.96. The molecule has 0 aromatic heterocycles. The van der Waals surface area contributed by atoms with Crippen molar-refractivity contribution in [3.8, 4) is 11.5 Å². The maximum atomic E-state index is 11.5. The van der Waals surface area contributed by atoms with Crippen LogP contribution in [0.1, 0.15) is 18.9 Å². The maximum Gasteiger partial charge on any atom is 0.251 e.